The van der Waals surface area contributed by atoms with Gasteiger partial charge in [-0.3, -0.25) is 0 Å². The molecule has 68 heavy (non-hydrogen) atoms. The lowest BCUT2D eigenvalue weighted by molar-refractivity contribution is 0.877. The van der Waals surface area contributed by atoms with Crippen molar-refractivity contribution < 1.29 is 0 Å². The number of allylic oxidation sites excluding steroid dienone is 4. The van der Waals surface area contributed by atoms with E-state index in [-0.39, 0.29) is 0 Å². The van der Waals surface area contributed by atoms with E-state index in [0.717, 1.165) is 0 Å². The second-order valence-electron chi connectivity index (χ2n) is 18.7. The lowest BCUT2D eigenvalue weighted by atomic mass is 9.83. The molecule has 12 aromatic carbocycles. The Labute approximate surface area is 402 Å². The van der Waals surface area contributed by atoms with Crippen LogP contribution < -0.4 is 0 Å². The minimum atomic E-state index is 0.416. The van der Waals surface area contributed by atoms with Gasteiger partial charge in [0.2, 0.25) is 0 Å². The van der Waals surface area contributed by atoms with Gasteiger partial charge in [-0.2, -0.15) is 0 Å². The summed E-state index contributed by atoms with van der Waals surface area (Å²) in [5, 5.41) is 22.4. The van der Waals surface area contributed by atoms with Gasteiger partial charge in [-0.25, -0.2) is 0 Å². The summed E-state index contributed by atoms with van der Waals surface area (Å²) in [5.41, 5.74) is 15.3. The van der Waals surface area contributed by atoms with Crippen LogP contribution in [-0.4, -0.2) is 5.25 Å². The fourth-order valence-corrected chi connectivity index (χ4v) is 14.0. The van der Waals surface area contributed by atoms with Gasteiger partial charge in [0.05, 0.1) is 0 Å². The van der Waals surface area contributed by atoms with Gasteiger partial charge in [-0.05, 0) is 155 Å². The van der Waals surface area contributed by atoms with E-state index in [9.17, 15) is 0 Å². The molecule has 0 spiro atoms. The van der Waals surface area contributed by atoms with Crippen LogP contribution in [-0.2, 0) is 0 Å². The van der Waals surface area contributed by atoms with Crippen LogP contribution in [0.25, 0.3) is 136 Å². The number of hydrogen-bond acceptors (Lipinski definition) is 2. The average molecular weight is 897 g/mol. The lowest BCUT2D eigenvalue weighted by Gasteiger charge is -2.21. The zero-order valence-corrected chi connectivity index (χ0v) is 38.5. The first kappa shape index (κ1) is 38.4. The molecule has 316 valence electrons. The van der Waals surface area contributed by atoms with E-state index in [1.165, 1.54) is 141 Å². The molecular weight excluding hydrogens is 857 g/mol. The largest absolute Gasteiger partial charge is 0.143 e. The molecule has 0 saturated heterocycles. The maximum atomic E-state index is 2.40. The van der Waals surface area contributed by atoms with Crippen molar-refractivity contribution >= 4 is 103 Å². The van der Waals surface area contributed by atoms with Gasteiger partial charge in [0.1, 0.15) is 0 Å². The van der Waals surface area contributed by atoms with Crippen molar-refractivity contribution in [2.45, 2.75) is 5.25 Å². The molecule has 0 N–H and O–H groups in total. The molecule has 2 aliphatic rings. The molecule has 0 bridgehead atoms. The minimum Gasteiger partial charge on any atom is -0.143 e. The number of hydrogen-bond donors (Lipinski definition) is 0. The van der Waals surface area contributed by atoms with Crippen LogP contribution in [0, 0.1) is 5.92 Å². The third kappa shape index (κ3) is 5.75. The summed E-state index contributed by atoms with van der Waals surface area (Å²) in [6, 6.07) is 73.4. The molecule has 1 aromatic heterocycles. The summed E-state index contributed by atoms with van der Waals surface area (Å²) < 4.78 is 1.33. The Bertz CT molecular complexity index is 4290. The number of rotatable bonds is 6. The van der Waals surface area contributed by atoms with Gasteiger partial charge in [0.15, 0.2) is 0 Å². The zero-order valence-electron chi connectivity index (χ0n) is 36.9. The Morgan fingerprint density at radius 2 is 0.794 bits per heavy atom. The molecule has 2 atom stereocenters. The van der Waals surface area contributed by atoms with E-state index in [4.69, 9.17) is 0 Å². The molecule has 15 rings (SSSR count). The Morgan fingerprint density at radius 3 is 1.38 bits per heavy atom. The molecule has 1 aliphatic heterocycles. The van der Waals surface area contributed by atoms with Crippen molar-refractivity contribution in [3.8, 4) is 55.6 Å². The maximum absolute atomic E-state index is 2.40. The van der Waals surface area contributed by atoms with E-state index < -0.39 is 0 Å². The molecule has 2 heterocycles. The van der Waals surface area contributed by atoms with Crippen LogP contribution in [0.15, 0.2) is 229 Å². The molecule has 1 aliphatic carbocycles. The van der Waals surface area contributed by atoms with E-state index in [2.05, 4.69) is 229 Å². The SMILES string of the molecule is C1=CC2SC=C(c3ccc4ccc5c(-c6cccc(-c7ccc(-c8cccc(-c9ccc%10ccc%11c(-c%12csc%13ccccc%12%13)ccc%12ccc9c%10c%12%11)c8)cc7)c6)ccc6ccc3c4c65)C2C=C1. The zero-order chi connectivity index (χ0) is 44.5. The molecule has 0 radical (unpaired) electrons. The van der Waals surface area contributed by atoms with Crippen molar-refractivity contribution in [1.82, 2.24) is 0 Å². The Hall–Kier alpha value is -7.75. The topological polar surface area (TPSA) is 0 Å². The molecule has 0 amide bonds. The molecule has 13 aromatic rings. The summed E-state index contributed by atoms with van der Waals surface area (Å²) in [5.74, 6) is 0.416. The Balaban J connectivity index is 0.768. The van der Waals surface area contributed by atoms with Gasteiger partial charge in [0, 0.05) is 26.8 Å². The average Bonchev–Trinajstić information content (AvgIpc) is 4.04. The third-order valence-corrected chi connectivity index (χ3v) is 17.2. The third-order valence-electron chi connectivity index (χ3n) is 15.1. The number of benzene rings is 12. The van der Waals surface area contributed by atoms with Gasteiger partial charge in [0.25, 0.3) is 0 Å². The highest BCUT2D eigenvalue weighted by atomic mass is 32.2. The van der Waals surface area contributed by atoms with Gasteiger partial charge < -0.3 is 0 Å². The van der Waals surface area contributed by atoms with Gasteiger partial charge >= 0.3 is 0 Å². The van der Waals surface area contributed by atoms with Crippen LogP contribution in [0.5, 0.6) is 0 Å². The standard InChI is InChI=1S/C66H40S2/c1-3-13-61-53(11-1)59(37-67-61)51-29-21-43-23-31-55-49(27-19-41-25-33-57(51)65(43)63(41)55)47-9-5-7-45(35-47)39-15-17-40(18-16-39)46-8-6-10-48(36-46)50-28-20-42-26-34-58-52(60-38-68-62-14-4-2-12-54(60)62)30-22-44-24-32-56(50)64(42)66(44)58/h1-38,53,61H. The highest BCUT2D eigenvalue weighted by molar-refractivity contribution is 8.03. The van der Waals surface area contributed by atoms with Crippen LogP contribution in [0.2, 0.25) is 0 Å². The van der Waals surface area contributed by atoms with Crippen molar-refractivity contribution in [3.05, 3.63) is 235 Å². The second-order valence-corrected chi connectivity index (χ2v) is 20.6. The Morgan fingerprint density at radius 1 is 0.324 bits per heavy atom. The van der Waals surface area contributed by atoms with Crippen LogP contribution in [0.1, 0.15) is 5.56 Å². The first-order valence-corrected chi connectivity index (χ1v) is 25.4. The maximum Gasteiger partial charge on any atom is 0.0375 e. The summed E-state index contributed by atoms with van der Waals surface area (Å²) >= 11 is 3.78. The lowest BCUT2D eigenvalue weighted by Crippen LogP contribution is -2.11. The molecular formula is C66H40S2. The fourth-order valence-electron chi connectivity index (χ4n) is 11.8. The predicted octanol–water partition coefficient (Wildman–Crippen LogP) is 19.2. The molecule has 2 heteroatoms. The van der Waals surface area contributed by atoms with Gasteiger partial charge in [-0.15, -0.1) is 23.1 Å². The van der Waals surface area contributed by atoms with Crippen LogP contribution in [0.4, 0.5) is 0 Å². The van der Waals surface area contributed by atoms with Crippen molar-refractivity contribution in [1.29, 1.82) is 0 Å². The van der Waals surface area contributed by atoms with E-state index in [1.54, 1.807) is 0 Å². The van der Waals surface area contributed by atoms with E-state index in [1.807, 2.05) is 23.1 Å². The van der Waals surface area contributed by atoms with Gasteiger partial charge in [-0.1, -0.05) is 200 Å². The number of fused-ring (bicyclic) bond motifs is 2. The van der Waals surface area contributed by atoms with Crippen molar-refractivity contribution in [2.75, 3.05) is 0 Å². The first-order valence-electron chi connectivity index (χ1n) is 23.6. The highest BCUT2D eigenvalue weighted by Gasteiger charge is 2.30. The Kier molecular flexibility index (Phi) is 8.39. The molecule has 0 fully saturated rings. The quantitative estimate of drug-likeness (QED) is 0.150. The number of thiophene rings is 1. The fraction of sp³-hybridized carbons (Fsp3) is 0.0303. The first-order chi connectivity index (χ1) is 33.7. The number of thioether (sulfide) groups is 1. The smallest absolute Gasteiger partial charge is 0.0375 e. The highest BCUT2D eigenvalue weighted by Crippen LogP contribution is 2.49. The van der Waals surface area contributed by atoms with Crippen molar-refractivity contribution in [2.24, 2.45) is 5.92 Å². The normalized spacial score (nSPS) is 15.9. The molecule has 0 nitrogen and oxygen atoms in total. The van der Waals surface area contributed by atoms with Crippen molar-refractivity contribution in [3.63, 3.8) is 0 Å². The summed E-state index contributed by atoms with van der Waals surface area (Å²) in [4.78, 5) is 0. The summed E-state index contributed by atoms with van der Waals surface area (Å²) in [6.07, 6.45) is 9.13. The minimum absolute atomic E-state index is 0.416. The van der Waals surface area contributed by atoms with E-state index in [0.29, 0.717) is 11.2 Å². The molecule has 2 unspecified atom stereocenters. The van der Waals surface area contributed by atoms with Crippen LogP contribution in [0.3, 0.4) is 0 Å². The monoisotopic (exact) mass is 896 g/mol. The van der Waals surface area contributed by atoms with Crippen LogP contribution >= 0.6 is 23.1 Å². The summed E-state index contributed by atoms with van der Waals surface area (Å²) in [7, 11) is 0. The molecule has 0 saturated carbocycles. The summed E-state index contributed by atoms with van der Waals surface area (Å²) in [6.45, 7) is 0. The predicted molar refractivity (Wildman–Crippen MR) is 298 cm³/mol. The van der Waals surface area contributed by atoms with E-state index >= 15 is 0 Å². The second kappa shape index (κ2) is 14.9.